The number of piperidine rings is 1. The number of aromatic nitrogens is 2. The molecule has 1 aliphatic rings. The van der Waals surface area contributed by atoms with Crippen molar-refractivity contribution >= 4 is 33.3 Å². The molecule has 152 valence electrons. The quantitative estimate of drug-likeness (QED) is 0.662. The molecule has 0 radical (unpaired) electrons. The van der Waals surface area contributed by atoms with Crippen molar-refractivity contribution in [2.45, 2.75) is 24.7 Å². The van der Waals surface area contributed by atoms with Gasteiger partial charge in [-0.2, -0.15) is 4.31 Å². The molecule has 1 atom stereocenters. The van der Waals surface area contributed by atoms with Crippen LogP contribution in [-0.2, 0) is 10.0 Å². The van der Waals surface area contributed by atoms with Crippen LogP contribution in [0.5, 0.6) is 0 Å². The SMILES string of the molecule is C[C@@H]1CCCN(S(=O)(=O)c2ccc(C(=O)Nc3nnc(-c4cccs4)o3)cc2)C1. The zero-order valence-electron chi connectivity index (χ0n) is 15.7. The highest BCUT2D eigenvalue weighted by Crippen LogP contribution is 2.25. The largest absolute Gasteiger partial charge is 0.402 e. The predicted molar refractivity (Wildman–Crippen MR) is 109 cm³/mol. The van der Waals surface area contributed by atoms with Crippen LogP contribution in [0.3, 0.4) is 0 Å². The molecule has 4 rings (SSSR count). The van der Waals surface area contributed by atoms with Crippen molar-refractivity contribution < 1.29 is 17.6 Å². The standard InChI is InChI=1S/C19H20N4O4S2/c1-13-4-2-10-23(12-13)29(25,26)15-8-6-14(7-9-15)17(24)20-19-22-21-18(27-19)16-5-3-11-28-16/h3,5-9,11,13H,2,4,10,12H2,1H3,(H,20,22,24)/t13-/m1/s1. The third-order valence-electron chi connectivity index (χ3n) is 4.75. The van der Waals surface area contributed by atoms with Gasteiger partial charge < -0.3 is 4.42 Å². The van der Waals surface area contributed by atoms with E-state index in [4.69, 9.17) is 4.42 Å². The van der Waals surface area contributed by atoms with Gasteiger partial charge in [0, 0.05) is 18.7 Å². The summed E-state index contributed by atoms with van der Waals surface area (Å²) in [6.45, 7) is 3.10. The van der Waals surface area contributed by atoms with E-state index in [9.17, 15) is 13.2 Å². The van der Waals surface area contributed by atoms with E-state index < -0.39 is 15.9 Å². The van der Waals surface area contributed by atoms with Crippen LogP contribution in [0.25, 0.3) is 10.8 Å². The second-order valence-electron chi connectivity index (χ2n) is 6.98. The summed E-state index contributed by atoms with van der Waals surface area (Å²) in [7, 11) is -3.56. The van der Waals surface area contributed by atoms with Crippen molar-refractivity contribution in [3.63, 3.8) is 0 Å². The average Bonchev–Trinajstić information content (AvgIpc) is 3.40. The first-order valence-corrected chi connectivity index (χ1v) is 11.5. The molecule has 3 heterocycles. The number of sulfonamides is 1. The van der Waals surface area contributed by atoms with Crippen LogP contribution < -0.4 is 5.32 Å². The molecule has 0 unspecified atom stereocenters. The summed E-state index contributed by atoms with van der Waals surface area (Å²) in [5.41, 5.74) is 0.298. The zero-order valence-corrected chi connectivity index (χ0v) is 17.4. The molecule has 1 aromatic carbocycles. The minimum Gasteiger partial charge on any atom is -0.402 e. The molecule has 1 amide bonds. The summed E-state index contributed by atoms with van der Waals surface area (Å²) in [5.74, 6) is 0.214. The molecule has 1 N–H and O–H groups in total. The minimum atomic E-state index is -3.56. The van der Waals surface area contributed by atoms with Gasteiger partial charge in [0.15, 0.2) is 0 Å². The minimum absolute atomic E-state index is 0.0163. The Balaban J connectivity index is 1.45. The van der Waals surface area contributed by atoms with E-state index in [2.05, 4.69) is 22.4 Å². The van der Waals surface area contributed by atoms with Crippen molar-refractivity contribution in [2.24, 2.45) is 5.92 Å². The fourth-order valence-electron chi connectivity index (χ4n) is 3.23. The summed E-state index contributed by atoms with van der Waals surface area (Å²) >= 11 is 1.45. The number of nitrogens with one attached hydrogen (secondary N) is 1. The van der Waals surface area contributed by atoms with E-state index in [0.29, 0.717) is 30.5 Å². The van der Waals surface area contributed by atoms with Crippen molar-refractivity contribution in [1.29, 1.82) is 0 Å². The number of carbonyl (C=O) groups excluding carboxylic acids is 1. The third-order valence-corrected chi connectivity index (χ3v) is 7.49. The molecule has 3 aromatic rings. The van der Waals surface area contributed by atoms with Gasteiger partial charge in [-0.3, -0.25) is 10.1 Å². The molecule has 0 saturated carbocycles. The van der Waals surface area contributed by atoms with Crippen LogP contribution in [0.1, 0.15) is 30.1 Å². The second-order valence-corrected chi connectivity index (χ2v) is 9.86. The lowest BCUT2D eigenvalue weighted by atomic mass is 10.0. The van der Waals surface area contributed by atoms with Crippen molar-refractivity contribution in [3.05, 3.63) is 47.3 Å². The number of anilines is 1. The first kappa shape index (κ1) is 19.7. The normalized spacial score (nSPS) is 17.9. The Kier molecular flexibility index (Phi) is 5.48. The first-order chi connectivity index (χ1) is 13.9. The maximum atomic E-state index is 12.8. The van der Waals surface area contributed by atoms with Crippen LogP contribution in [0, 0.1) is 5.92 Å². The Bertz CT molecular complexity index is 1090. The molecule has 0 spiro atoms. The lowest BCUT2D eigenvalue weighted by Gasteiger charge is -2.30. The predicted octanol–water partition coefficient (Wildman–Crippen LogP) is 3.47. The number of hydrogen-bond acceptors (Lipinski definition) is 7. The summed E-state index contributed by atoms with van der Waals surface area (Å²) in [5, 5.41) is 12.1. The van der Waals surface area contributed by atoms with Crippen molar-refractivity contribution in [3.8, 4) is 10.8 Å². The Labute approximate surface area is 172 Å². The number of benzene rings is 1. The van der Waals surface area contributed by atoms with E-state index in [1.54, 1.807) is 0 Å². The van der Waals surface area contributed by atoms with Crippen LogP contribution in [0.15, 0.2) is 51.1 Å². The van der Waals surface area contributed by atoms with Crippen LogP contribution in [0.2, 0.25) is 0 Å². The third kappa shape index (κ3) is 4.24. The van der Waals surface area contributed by atoms with E-state index in [1.165, 1.54) is 39.9 Å². The zero-order chi connectivity index (χ0) is 20.4. The van der Waals surface area contributed by atoms with E-state index >= 15 is 0 Å². The van der Waals surface area contributed by atoms with Gasteiger partial charge in [0.25, 0.3) is 11.8 Å². The molecule has 0 bridgehead atoms. The Morgan fingerprint density at radius 3 is 2.72 bits per heavy atom. The smallest absolute Gasteiger partial charge is 0.322 e. The summed E-state index contributed by atoms with van der Waals surface area (Å²) in [4.78, 5) is 13.4. The van der Waals surface area contributed by atoms with Crippen LogP contribution in [-0.4, -0.2) is 41.9 Å². The van der Waals surface area contributed by atoms with Gasteiger partial charge in [-0.05, 0) is 54.5 Å². The van der Waals surface area contributed by atoms with Gasteiger partial charge in [-0.15, -0.1) is 16.4 Å². The number of thiophene rings is 1. The lowest BCUT2D eigenvalue weighted by Crippen LogP contribution is -2.39. The number of amides is 1. The van der Waals surface area contributed by atoms with E-state index in [0.717, 1.165) is 17.7 Å². The molecule has 10 heteroatoms. The molecule has 1 saturated heterocycles. The fourth-order valence-corrected chi connectivity index (χ4v) is 5.48. The molecule has 1 aliphatic heterocycles. The molecule has 1 fully saturated rings. The number of hydrogen-bond donors (Lipinski definition) is 1. The molecule has 0 aliphatic carbocycles. The topological polar surface area (TPSA) is 105 Å². The lowest BCUT2D eigenvalue weighted by molar-refractivity contribution is 0.102. The van der Waals surface area contributed by atoms with Gasteiger partial charge in [0.05, 0.1) is 9.77 Å². The maximum Gasteiger partial charge on any atom is 0.322 e. The molecular formula is C19H20N4O4S2. The second kappa shape index (κ2) is 8.05. The number of nitrogens with zero attached hydrogens (tertiary/aromatic N) is 3. The van der Waals surface area contributed by atoms with E-state index in [1.807, 2.05) is 17.5 Å². The average molecular weight is 433 g/mol. The Morgan fingerprint density at radius 2 is 2.03 bits per heavy atom. The van der Waals surface area contributed by atoms with Crippen molar-refractivity contribution in [1.82, 2.24) is 14.5 Å². The van der Waals surface area contributed by atoms with Crippen LogP contribution in [0.4, 0.5) is 6.01 Å². The van der Waals surface area contributed by atoms with E-state index in [-0.39, 0.29) is 10.9 Å². The first-order valence-electron chi connectivity index (χ1n) is 9.22. The van der Waals surface area contributed by atoms with Gasteiger partial charge in [0.2, 0.25) is 10.0 Å². The van der Waals surface area contributed by atoms with Gasteiger partial charge >= 0.3 is 6.01 Å². The molecule has 29 heavy (non-hydrogen) atoms. The Hall–Kier alpha value is -2.56. The molecule has 8 nitrogen and oxygen atoms in total. The highest BCUT2D eigenvalue weighted by molar-refractivity contribution is 7.89. The van der Waals surface area contributed by atoms with Crippen LogP contribution >= 0.6 is 11.3 Å². The van der Waals surface area contributed by atoms with Gasteiger partial charge in [-0.1, -0.05) is 18.1 Å². The molecule has 2 aromatic heterocycles. The highest BCUT2D eigenvalue weighted by atomic mass is 32.2. The monoisotopic (exact) mass is 432 g/mol. The van der Waals surface area contributed by atoms with Gasteiger partial charge in [0.1, 0.15) is 0 Å². The summed E-state index contributed by atoms with van der Waals surface area (Å²) in [6, 6.07) is 9.55. The maximum absolute atomic E-state index is 12.8. The Morgan fingerprint density at radius 1 is 1.24 bits per heavy atom. The fraction of sp³-hybridized carbons (Fsp3) is 0.316. The highest BCUT2D eigenvalue weighted by Gasteiger charge is 2.28. The van der Waals surface area contributed by atoms with Crippen molar-refractivity contribution in [2.75, 3.05) is 18.4 Å². The summed E-state index contributed by atoms with van der Waals surface area (Å²) in [6.07, 6.45) is 1.90. The number of rotatable bonds is 5. The van der Waals surface area contributed by atoms with Gasteiger partial charge in [-0.25, -0.2) is 8.42 Å². The summed E-state index contributed by atoms with van der Waals surface area (Å²) < 4.78 is 32.6. The molecular weight excluding hydrogens is 412 g/mol. The number of carbonyl (C=O) groups is 1.